The van der Waals surface area contributed by atoms with Crippen molar-refractivity contribution in [1.82, 2.24) is 15.3 Å². The van der Waals surface area contributed by atoms with Crippen LogP contribution in [0.25, 0.3) is 10.9 Å². The molecule has 1 aromatic carbocycles. The van der Waals surface area contributed by atoms with E-state index in [1.54, 1.807) is 24.5 Å². The molecule has 1 aliphatic carbocycles. The lowest BCUT2D eigenvalue weighted by Crippen LogP contribution is -2.35. The standard InChI is InChI=1S/C19H16FN3O2/c20-15-2-1-12-9-13(17(24)23-16(12)10-15)11-22-18(25)19(5-6-19)14-3-7-21-8-4-14/h1-4,7-10H,5-6,11H2,(H,22,25)(H,23,24). The lowest BCUT2D eigenvalue weighted by Gasteiger charge is -2.15. The number of amides is 1. The summed E-state index contributed by atoms with van der Waals surface area (Å²) < 4.78 is 13.2. The predicted octanol–water partition coefficient (Wildman–Crippen LogP) is 2.41. The maximum absolute atomic E-state index is 13.2. The Morgan fingerprint density at radius 3 is 2.68 bits per heavy atom. The van der Waals surface area contributed by atoms with Gasteiger partial charge in [0.05, 0.1) is 10.9 Å². The summed E-state index contributed by atoms with van der Waals surface area (Å²) in [6.45, 7) is 0.133. The van der Waals surface area contributed by atoms with Crippen molar-refractivity contribution in [3.8, 4) is 0 Å². The van der Waals surface area contributed by atoms with Crippen LogP contribution >= 0.6 is 0 Å². The summed E-state index contributed by atoms with van der Waals surface area (Å²) in [6, 6.07) is 9.60. The number of H-pyrrole nitrogens is 1. The molecule has 126 valence electrons. The molecular formula is C19H16FN3O2. The van der Waals surface area contributed by atoms with Crippen molar-refractivity contribution >= 4 is 16.8 Å². The number of hydrogen-bond donors (Lipinski definition) is 2. The second kappa shape index (κ2) is 5.81. The third kappa shape index (κ3) is 2.80. The van der Waals surface area contributed by atoms with Gasteiger partial charge in [-0.1, -0.05) is 0 Å². The molecule has 1 amide bonds. The summed E-state index contributed by atoms with van der Waals surface area (Å²) in [5.74, 6) is -0.491. The molecule has 4 rings (SSSR count). The number of nitrogens with zero attached hydrogens (tertiary/aromatic N) is 1. The van der Waals surface area contributed by atoms with Gasteiger partial charge in [0, 0.05) is 24.5 Å². The molecule has 0 bridgehead atoms. The zero-order valence-electron chi connectivity index (χ0n) is 13.4. The van der Waals surface area contributed by atoms with E-state index in [0.717, 1.165) is 23.8 Å². The van der Waals surface area contributed by atoms with Crippen molar-refractivity contribution < 1.29 is 9.18 Å². The van der Waals surface area contributed by atoms with Crippen LogP contribution in [0.1, 0.15) is 24.0 Å². The van der Waals surface area contributed by atoms with Gasteiger partial charge in [-0.15, -0.1) is 0 Å². The highest BCUT2D eigenvalue weighted by Crippen LogP contribution is 2.48. The van der Waals surface area contributed by atoms with Crippen LogP contribution < -0.4 is 10.9 Å². The number of halogens is 1. The van der Waals surface area contributed by atoms with Crippen molar-refractivity contribution in [1.29, 1.82) is 0 Å². The van der Waals surface area contributed by atoms with Crippen LogP contribution in [0.5, 0.6) is 0 Å². The number of carbonyl (C=O) groups excluding carboxylic acids is 1. The normalized spacial score (nSPS) is 15.1. The quantitative estimate of drug-likeness (QED) is 0.768. The number of fused-ring (bicyclic) bond motifs is 1. The summed E-state index contributed by atoms with van der Waals surface area (Å²) in [6.07, 6.45) is 4.93. The summed E-state index contributed by atoms with van der Waals surface area (Å²) in [7, 11) is 0. The van der Waals surface area contributed by atoms with Crippen molar-refractivity contribution in [2.45, 2.75) is 24.8 Å². The van der Waals surface area contributed by atoms with Gasteiger partial charge in [0.25, 0.3) is 5.56 Å². The molecule has 1 fully saturated rings. The molecule has 3 aromatic rings. The van der Waals surface area contributed by atoms with Gasteiger partial charge in [0.1, 0.15) is 5.82 Å². The number of carbonyl (C=O) groups is 1. The van der Waals surface area contributed by atoms with E-state index in [9.17, 15) is 14.0 Å². The van der Waals surface area contributed by atoms with Gasteiger partial charge in [-0.2, -0.15) is 0 Å². The Labute approximate surface area is 142 Å². The number of rotatable bonds is 4. The van der Waals surface area contributed by atoms with E-state index < -0.39 is 11.2 Å². The molecule has 0 aliphatic heterocycles. The number of benzene rings is 1. The van der Waals surface area contributed by atoms with E-state index in [1.807, 2.05) is 12.1 Å². The van der Waals surface area contributed by atoms with Gasteiger partial charge >= 0.3 is 0 Å². The minimum atomic E-state index is -0.504. The molecule has 6 heteroatoms. The molecule has 2 N–H and O–H groups in total. The van der Waals surface area contributed by atoms with Gasteiger partial charge < -0.3 is 10.3 Å². The Morgan fingerprint density at radius 2 is 1.96 bits per heavy atom. The smallest absolute Gasteiger partial charge is 0.253 e. The molecule has 5 nitrogen and oxygen atoms in total. The summed E-state index contributed by atoms with van der Waals surface area (Å²) >= 11 is 0. The first-order chi connectivity index (χ1) is 12.1. The summed E-state index contributed by atoms with van der Waals surface area (Å²) in [5, 5.41) is 3.59. The molecule has 0 spiro atoms. The van der Waals surface area contributed by atoms with Crippen LogP contribution in [-0.4, -0.2) is 15.9 Å². The number of aromatic nitrogens is 2. The van der Waals surface area contributed by atoms with Crippen molar-refractivity contribution in [2.24, 2.45) is 0 Å². The Kier molecular flexibility index (Phi) is 3.60. The maximum atomic E-state index is 13.2. The molecule has 25 heavy (non-hydrogen) atoms. The van der Waals surface area contributed by atoms with Crippen LogP contribution in [0.3, 0.4) is 0 Å². The fourth-order valence-corrected chi connectivity index (χ4v) is 3.14. The molecule has 0 unspecified atom stereocenters. The fraction of sp³-hybridized carbons (Fsp3) is 0.211. The Morgan fingerprint density at radius 1 is 1.20 bits per heavy atom. The first kappa shape index (κ1) is 15.5. The number of nitrogens with one attached hydrogen (secondary N) is 2. The van der Waals surface area contributed by atoms with Gasteiger partial charge in [-0.3, -0.25) is 14.6 Å². The molecule has 0 atom stereocenters. The topological polar surface area (TPSA) is 74.8 Å². The summed E-state index contributed by atoms with van der Waals surface area (Å²) in [5.41, 5.74) is 0.999. The zero-order chi connectivity index (χ0) is 17.4. The van der Waals surface area contributed by atoms with Crippen LogP contribution in [0.2, 0.25) is 0 Å². The Balaban J connectivity index is 1.55. The predicted molar refractivity (Wildman–Crippen MR) is 91.5 cm³/mol. The average Bonchev–Trinajstić information content (AvgIpc) is 3.42. The van der Waals surface area contributed by atoms with E-state index in [4.69, 9.17) is 0 Å². The van der Waals surface area contributed by atoms with Crippen LogP contribution in [0, 0.1) is 5.82 Å². The van der Waals surface area contributed by atoms with Crippen LogP contribution in [0.4, 0.5) is 4.39 Å². The molecule has 1 aliphatic rings. The number of aromatic amines is 1. The average molecular weight is 337 g/mol. The minimum absolute atomic E-state index is 0.0858. The maximum Gasteiger partial charge on any atom is 0.253 e. The van der Waals surface area contributed by atoms with Crippen molar-refractivity contribution in [3.05, 3.63) is 76.1 Å². The highest BCUT2D eigenvalue weighted by molar-refractivity contribution is 5.91. The van der Waals surface area contributed by atoms with Gasteiger partial charge in [0.15, 0.2) is 0 Å². The fourth-order valence-electron chi connectivity index (χ4n) is 3.14. The molecular weight excluding hydrogens is 321 g/mol. The first-order valence-corrected chi connectivity index (χ1v) is 8.09. The second-order valence-corrected chi connectivity index (χ2v) is 6.36. The van der Waals surface area contributed by atoms with Crippen molar-refractivity contribution in [3.63, 3.8) is 0 Å². The minimum Gasteiger partial charge on any atom is -0.351 e. The molecule has 2 aromatic heterocycles. The number of hydrogen-bond acceptors (Lipinski definition) is 3. The Bertz CT molecular complexity index is 1010. The van der Waals surface area contributed by atoms with Gasteiger partial charge in [-0.05, 0) is 60.2 Å². The second-order valence-electron chi connectivity index (χ2n) is 6.36. The van der Waals surface area contributed by atoms with Gasteiger partial charge in [0.2, 0.25) is 5.91 Å². The lowest BCUT2D eigenvalue weighted by atomic mass is 9.96. The van der Waals surface area contributed by atoms with E-state index in [0.29, 0.717) is 11.1 Å². The van der Waals surface area contributed by atoms with E-state index in [1.165, 1.54) is 12.1 Å². The highest BCUT2D eigenvalue weighted by atomic mass is 19.1. The van der Waals surface area contributed by atoms with E-state index >= 15 is 0 Å². The van der Waals surface area contributed by atoms with Crippen LogP contribution in [-0.2, 0) is 16.8 Å². The Hall–Kier alpha value is -3.02. The third-order valence-corrected chi connectivity index (χ3v) is 4.74. The lowest BCUT2D eigenvalue weighted by molar-refractivity contribution is -0.123. The van der Waals surface area contributed by atoms with Gasteiger partial charge in [-0.25, -0.2) is 4.39 Å². The molecule has 1 saturated carbocycles. The summed E-state index contributed by atoms with van der Waals surface area (Å²) in [4.78, 5) is 31.4. The highest BCUT2D eigenvalue weighted by Gasteiger charge is 2.51. The third-order valence-electron chi connectivity index (χ3n) is 4.74. The molecule has 2 heterocycles. The SMILES string of the molecule is O=C(NCc1cc2ccc(F)cc2[nH]c1=O)C1(c2ccncc2)CC1. The van der Waals surface area contributed by atoms with E-state index in [-0.39, 0.29) is 18.0 Å². The monoisotopic (exact) mass is 337 g/mol. The van der Waals surface area contributed by atoms with Crippen molar-refractivity contribution in [2.75, 3.05) is 0 Å². The largest absolute Gasteiger partial charge is 0.351 e. The zero-order valence-corrected chi connectivity index (χ0v) is 13.4. The van der Waals surface area contributed by atoms with E-state index in [2.05, 4.69) is 15.3 Å². The van der Waals surface area contributed by atoms with Crippen LogP contribution in [0.15, 0.2) is 53.6 Å². The molecule has 0 radical (unpaired) electrons. The number of pyridine rings is 2. The first-order valence-electron chi connectivity index (χ1n) is 8.09. The molecule has 0 saturated heterocycles.